The van der Waals surface area contributed by atoms with Crippen LogP contribution in [-0.4, -0.2) is 72.7 Å². The molecule has 1 aliphatic rings. The number of rotatable bonds is 8. The normalized spacial score (nSPS) is 15.3. The smallest absolute Gasteiger partial charge is 0.346 e. The highest BCUT2D eigenvalue weighted by molar-refractivity contribution is 5.94. The number of unbranched alkanes of at least 4 members (excludes halogenated alkanes) is 1. The first-order valence-corrected chi connectivity index (χ1v) is 12.8. The minimum atomic E-state index is -4.69. The number of fused-ring (bicyclic) bond motifs is 1. The second-order valence-corrected chi connectivity index (χ2v) is 9.64. The van der Waals surface area contributed by atoms with E-state index in [2.05, 4.69) is 31.0 Å². The van der Waals surface area contributed by atoms with Gasteiger partial charge in [0.05, 0.1) is 35.6 Å². The lowest BCUT2D eigenvalue weighted by atomic mass is 10.1. The molecule has 4 heterocycles. The van der Waals surface area contributed by atoms with E-state index in [1.165, 1.54) is 11.2 Å². The summed E-state index contributed by atoms with van der Waals surface area (Å²) in [6.45, 7) is 2.13. The molecule has 208 valence electrons. The molecule has 0 bridgehead atoms. The van der Waals surface area contributed by atoms with Gasteiger partial charge in [-0.1, -0.05) is 0 Å². The Balaban J connectivity index is 1.26. The highest BCUT2D eigenvalue weighted by Crippen LogP contribution is 2.31. The Bertz CT molecular complexity index is 1530. The van der Waals surface area contributed by atoms with Crippen LogP contribution in [0.25, 0.3) is 22.3 Å². The third-order valence-corrected chi connectivity index (χ3v) is 7.13. The number of piperazine rings is 1. The monoisotopic (exact) mass is 554 g/mol. The molecule has 9 nitrogen and oxygen atoms in total. The van der Waals surface area contributed by atoms with Gasteiger partial charge in [-0.3, -0.25) is 14.4 Å². The predicted octanol–water partition coefficient (Wildman–Crippen LogP) is 4.50. The molecule has 40 heavy (non-hydrogen) atoms. The Labute approximate surface area is 227 Å². The topological polar surface area (TPSA) is 107 Å². The fourth-order valence-corrected chi connectivity index (χ4v) is 5.04. The maximum atomic E-state index is 14.4. The number of nitrogens with one attached hydrogen (secondary N) is 1. The fraction of sp³-hybridized carbons (Fsp3) is 0.370. The molecule has 4 aromatic rings. The summed E-state index contributed by atoms with van der Waals surface area (Å²) in [6.07, 6.45) is 4.12. The van der Waals surface area contributed by atoms with Crippen LogP contribution in [0, 0.1) is 17.1 Å². The highest BCUT2D eigenvalue weighted by Gasteiger charge is 2.33. The molecule has 1 aromatic carbocycles. The Kier molecular flexibility index (Phi) is 7.79. The number of nitrogens with zero attached hydrogens (tertiary/aromatic N) is 7. The number of benzene rings is 1. The molecule has 0 radical (unpaired) electrons. The van der Waals surface area contributed by atoms with Gasteiger partial charge in [0.1, 0.15) is 17.8 Å². The van der Waals surface area contributed by atoms with Gasteiger partial charge in [-0.2, -0.15) is 23.5 Å². The Morgan fingerprint density at radius 3 is 2.67 bits per heavy atom. The number of hydrogen-bond donors (Lipinski definition) is 1. The maximum absolute atomic E-state index is 14.4. The number of nitriles is 1. The van der Waals surface area contributed by atoms with Crippen molar-refractivity contribution in [1.82, 2.24) is 34.5 Å². The number of carbonyl (C=O) groups is 1. The lowest BCUT2D eigenvalue weighted by Crippen LogP contribution is -2.53. The van der Waals surface area contributed by atoms with E-state index in [4.69, 9.17) is 5.26 Å². The molecule has 1 atom stereocenters. The molecule has 1 amide bonds. The zero-order chi connectivity index (χ0) is 28.3. The molecule has 3 aromatic heterocycles. The van der Waals surface area contributed by atoms with Crippen molar-refractivity contribution in [3.05, 3.63) is 66.1 Å². The molecule has 0 unspecified atom stereocenters. The van der Waals surface area contributed by atoms with E-state index in [0.717, 1.165) is 40.8 Å². The van der Waals surface area contributed by atoms with Gasteiger partial charge < -0.3 is 9.88 Å². The SMILES string of the molecule is N#CCCC[C@@H](Cn1cc(-c2ncnc3[nH]ccc23)cn1)N1CCN(C(=O)c2ccc(C(F)(F)F)cc2F)CC1. The van der Waals surface area contributed by atoms with Crippen LogP contribution in [0.2, 0.25) is 0 Å². The summed E-state index contributed by atoms with van der Waals surface area (Å²) in [4.78, 5) is 28.3. The summed E-state index contributed by atoms with van der Waals surface area (Å²) in [7, 11) is 0. The minimum absolute atomic E-state index is 0.0267. The Morgan fingerprint density at radius 1 is 1.15 bits per heavy atom. The van der Waals surface area contributed by atoms with E-state index >= 15 is 0 Å². The van der Waals surface area contributed by atoms with Crippen LogP contribution in [0.3, 0.4) is 0 Å². The molecule has 1 saturated heterocycles. The van der Waals surface area contributed by atoms with Crippen LogP contribution in [0.1, 0.15) is 35.2 Å². The first kappa shape index (κ1) is 27.3. The van der Waals surface area contributed by atoms with Gasteiger partial charge >= 0.3 is 6.18 Å². The number of alkyl halides is 3. The molecule has 1 fully saturated rings. The van der Waals surface area contributed by atoms with Gasteiger partial charge in [0.15, 0.2) is 0 Å². The number of amides is 1. The molecule has 0 saturated carbocycles. The van der Waals surface area contributed by atoms with Crippen LogP contribution in [0.4, 0.5) is 17.6 Å². The summed E-state index contributed by atoms with van der Waals surface area (Å²) in [6, 6.07) is 6.08. The van der Waals surface area contributed by atoms with Crippen LogP contribution in [0.5, 0.6) is 0 Å². The highest BCUT2D eigenvalue weighted by atomic mass is 19.4. The molecular formula is C27H26F4N8O. The van der Waals surface area contributed by atoms with Crippen molar-refractivity contribution in [2.75, 3.05) is 26.2 Å². The average Bonchev–Trinajstić information content (AvgIpc) is 3.61. The third-order valence-electron chi connectivity index (χ3n) is 7.13. The second-order valence-electron chi connectivity index (χ2n) is 9.64. The minimum Gasteiger partial charge on any atom is -0.346 e. The molecule has 1 N–H and O–H groups in total. The van der Waals surface area contributed by atoms with E-state index in [9.17, 15) is 22.4 Å². The third kappa shape index (κ3) is 5.81. The lowest BCUT2D eigenvalue weighted by molar-refractivity contribution is -0.137. The van der Waals surface area contributed by atoms with Crippen LogP contribution in [0.15, 0.2) is 49.2 Å². The van der Waals surface area contributed by atoms with Crippen molar-refractivity contribution in [2.45, 2.75) is 38.0 Å². The van der Waals surface area contributed by atoms with Gasteiger partial charge in [0.2, 0.25) is 0 Å². The molecule has 13 heteroatoms. The first-order chi connectivity index (χ1) is 19.2. The molecular weight excluding hydrogens is 528 g/mol. The van der Waals surface area contributed by atoms with Crippen molar-refractivity contribution in [3.63, 3.8) is 0 Å². The van der Waals surface area contributed by atoms with E-state index in [1.54, 1.807) is 12.4 Å². The van der Waals surface area contributed by atoms with Gasteiger partial charge in [-0.25, -0.2) is 14.4 Å². The molecule has 0 spiro atoms. The van der Waals surface area contributed by atoms with Crippen LogP contribution >= 0.6 is 0 Å². The van der Waals surface area contributed by atoms with E-state index in [1.807, 2.05) is 16.9 Å². The van der Waals surface area contributed by atoms with Crippen molar-refractivity contribution in [1.29, 1.82) is 5.26 Å². The first-order valence-electron chi connectivity index (χ1n) is 12.8. The van der Waals surface area contributed by atoms with Crippen LogP contribution in [-0.2, 0) is 12.7 Å². The Morgan fingerprint density at radius 2 is 1.95 bits per heavy atom. The van der Waals surface area contributed by atoms with Gasteiger partial charge in [0.25, 0.3) is 5.91 Å². The van der Waals surface area contributed by atoms with E-state index in [0.29, 0.717) is 51.6 Å². The Hall–Kier alpha value is -4.31. The average molecular weight is 555 g/mol. The molecule has 1 aliphatic heterocycles. The second kappa shape index (κ2) is 11.4. The molecule has 5 rings (SSSR count). The van der Waals surface area contributed by atoms with Gasteiger partial charge in [-0.05, 0) is 37.1 Å². The zero-order valence-electron chi connectivity index (χ0n) is 21.4. The predicted molar refractivity (Wildman–Crippen MR) is 137 cm³/mol. The quantitative estimate of drug-likeness (QED) is 0.254. The number of carbonyl (C=O) groups excluding carboxylic acids is 1. The summed E-state index contributed by atoms with van der Waals surface area (Å²) in [5.41, 5.74) is 0.830. The number of halogens is 4. The standard InChI is InChI=1S/C27H26F4N8O/c28-23-13-19(27(29,30)31)4-5-21(23)26(40)38-11-9-37(10-12-38)20(3-1-2-7-32)16-39-15-18(14-36-39)24-22-6-8-33-25(22)35-17-34-24/h4-6,8,13-15,17,20H,1-3,9-12,16H2,(H,33,34,35)/t20-/m0/s1. The number of aromatic amines is 1. The summed E-state index contributed by atoms with van der Waals surface area (Å²) >= 11 is 0. The number of hydrogen-bond acceptors (Lipinski definition) is 6. The van der Waals surface area contributed by atoms with Gasteiger partial charge in [-0.15, -0.1) is 0 Å². The largest absolute Gasteiger partial charge is 0.416 e. The maximum Gasteiger partial charge on any atom is 0.416 e. The van der Waals surface area contributed by atoms with Crippen molar-refractivity contribution in [2.24, 2.45) is 0 Å². The van der Waals surface area contributed by atoms with E-state index in [-0.39, 0.29) is 11.6 Å². The van der Waals surface area contributed by atoms with Gasteiger partial charge in [0, 0.05) is 62.0 Å². The summed E-state index contributed by atoms with van der Waals surface area (Å²) in [5, 5.41) is 14.5. The van der Waals surface area contributed by atoms with Crippen molar-refractivity contribution < 1.29 is 22.4 Å². The summed E-state index contributed by atoms with van der Waals surface area (Å²) < 4.78 is 54.9. The lowest BCUT2D eigenvalue weighted by Gasteiger charge is -2.39. The molecule has 0 aliphatic carbocycles. The number of H-pyrrole nitrogens is 1. The zero-order valence-corrected chi connectivity index (χ0v) is 21.4. The van der Waals surface area contributed by atoms with Crippen LogP contribution < -0.4 is 0 Å². The van der Waals surface area contributed by atoms with Crippen molar-refractivity contribution >= 4 is 16.9 Å². The van der Waals surface area contributed by atoms with E-state index < -0.39 is 23.5 Å². The number of aromatic nitrogens is 5. The summed E-state index contributed by atoms with van der Waals surface area (Å²) in [5.74, 6) is -1.82. The van der Waals surface area contributed by atoms with Crippen molar-refractivity contribution in [3.8, 4) is 17.3 Å². The fourth-order valence-electron chi connectivity index (χ4n) is 5.04.